The van der Waals surface area contributed by atoms with Gasteiger partial charge in [0.2, 0.25) is 0 Å². The molecule has 0 aromatic heterocycles. The van der Waals surface area contributed by atoms with Crippen molar-refractivity contribution in [3.63, 3.8) is 0 Å². The van der Waals surface area contributed by atoms with Crippen molar-refractivity contribution in [3.05, 3.63) is 33.3 Å². The number of halogens is 2. The lowest BCUT2D eigenvalue weighted by Crippen LogP contribution is -2.37. The molecule has 0 radical (unpaired) electrons. The lowest BCUT2D eigenvalue weighted by atomic mass is 10.1. The zero-order chi connectivity index (χ0) is 16.0. The molecule has 0 saturated carbocycles. The Bertz CT molecular complexity index is 535. The predicted octanol–water partition coefficient (Wildman–Crippen LogP) is 3.34. The quantitative estimate of drug-likeness (QED) is 0.346. The van der Waals surface area contributed by atoms with Gasteiger partial charge in [0.15, 0.2) is 0 Å². The number of hydrogen-bond donors (Lipinski definition) is 2. The fourth-order valence-corrected chi connectivity index (χ4v) is 2.41. The third kappa shape index (κ3) is 5.55. The zero-order valence-corrected chi connectivity index (χ0v) is 14.4. The Kier molecular flexibility index (Phi) is 6.98. The molecule has 1 rings (SSSR count). The fraction of sp³-hybridized carbons (Fsp3) is 0.429. The molecule has 0 spiro atoms. The molecule has 0 aliphatic rings. The van der Waals surface area contributed by atoms with Gasteiger partial charge < -0.3 is 15.8 Å². The summed E-state index contributed by atoms with van der Waals surface area (Å²) in [4.78, 5) is 14.3. The van der Waals surface area contributed by atoms with E-state index in [1.807, 2.05) is 13.8 Å². The van der Waals surface area contributed by atoms with Gasteiger partial charge >= 0.3 is 0 Å². The molecule has 3 N–H and O–H groups in total. The van der Waals surface area contributed by atoms with Crippen LogP contribution in [0.15, 0.2) is 27.8 Å². The molecule has 0 saturated heterocycles. The van der Waals surface area contributed by atoms with Crippen LogP contribution in [0.2, 0.25) is 5.02 Å². The van der Waals surface area contributed by atoms with Crippen molar-refractivity contribution < 1.29 is 10.0 Å². The Balaban J connectivity index is 2.96. The Labute approximate surface area is 137 Å². The topological polar surface area (TPSA) is 78.9 Å². The molecule has 0 unspecified atom stereocenters. The van der Waals surface area contributed by atoms with Crippen LogP contribution in [0.1, 0.15) is 30.6 Å². The van der Waals surface area contributed by atoms with Gasteiger partial charge in [-0.25, -0.2) is 0 Å². The van der Waals surface area contributed by atoms with Crippen LogP contribution < -0.4 is 5.73 Å². The van der Waals surface area contributed by atoms with Crippen LogP contribution in [-0.2, 0) is 0 Å². The number of nitrogens with zero attached hydrogens (tertiary/aromatic N) is 2. The van der Waals surface area contributed by atoms with Gasteiger partial charge in [0.25, 0.3) is 5.91 Å². The number of amides is 1. The van der Waals surface area contributed by atoms with E-state index in [9.17, 15) is 4.79 Å². The number of amidine groups is 1. The third-order valence-electron chi connectivity index (χ3n) is 2.80. The molecular weight excluding hydrogens is 358 g/mol. The third-order valence-corrected chi connectivity index (χ3v) is 3.62. The number of carbonyl (C=O) groups excluding carboxylic acids is 1. The first-order valence-corrected chi connectivity index (χ1v) is 7.73. The van der Waals surface area contributed by atoms with Crippen LogP contribution in [0, 0.1) is 5.92 Å². The summed E-state index contributed by atoms with van der Waals surface area (Å²) in [5.74, 6) is 0.227. The summed E-state index contributed by atoms with van der Waals surface area (Å²) >= 11 is 9.44. The molecule has 1 aromatic rings. The van der Waals surface area contributed by atoms with Gasteiger partial charge in [-0.2, -0.15) is 0 Å². The van der Waals surface area contributed by atoms with E-state index in [0.29, 0.717) is 36.0 Å². The van der Waals surface area contributed by atoms with Crippen LogP contribution in [0.25, 0.3) is 0 Å². The van der Waals surface area contributed by atoms with Crippen molar-refractivity contribution in [2.75, 3.05) is 13.1 Å². The Morgan fingerprint density at radius 3 is 2.76 bits per heavy atom. The molecule has 0 aliphatic heterocycles. The summed E-state index contributed by atoms with van der Waals surface area (Å²) in [5, 5.41) is 11.9. The van der Waals surface area contributed by atoms with E-state index in [1.54, 1.807) is 23.1 Å². The van der Waals surface area contributed by atoms with Crippen molar-refractivity contribution in [3.8, 4) is 0 Å². The van der Waals surface area contributed by atoms with Gasteiger partial charge in [-0.15, -0.1) is 0 Å². The number of hydrogen-bond acceptors (Lipinski definition) is 3. The van der Waals surface area contributed by atoms with Gasteiger partial charge in [-0.1, -0.05) is 46.5 Å². The van der Waals surface area contributed by atoms with Crippen LogP contribution in [0.4, 0.5) is 0 Å². The number of oxime groups is 1. The van der Waals surface area contributed by atoms with E-state index in [-0.39, 0.29) is 11.7 Å². The number of nitrogens with two attached hydrogens (primary N) is 1. The normalized spacial score (nSPS) is 11.8. The molecule has 1 aromatic carbocycles. The smallest absolute Gasteiger partial charge is 0.255 e. The van der Waals surface area contributed by atoms with Gasteiger partial charge in [0.1, 0.15) is 5.84 Å². The van der Waals surface area contributed by atoms with Crippen LogP contribution in [0.5, 0.6) is 0 Å². The van der Waals surface area contributed by atoms with Crippen molar-refractivity contribution in [1.82, 2.24) is 4.90 Å². The molecule has 1 amide bonds. The Morgan fingerprint density at radius 2 is 2.19 bits per heavy atom. The van der Waals surface area contributed by atoms with E-state index in [0.717, 1.165) is 4.47 Å². The largest absolute Gasteiger partial charge is 0.409 e. The summed E-state index contributed by atoms with van der Waals surface area (Å²) < 4.78 is 0.788. The molecule has 7 heteroatoms. The summed E-state index contributed by atoms with van der Waals surface area (Å²) in [6.07, 6.45) is 0.306. The summed E-state index contributed by atoms with van der Waals surface area (Å²) in [7, 11) is 0. The summed E-state index contributed by atoms with van der Waals surface area (Å²) in [6, 6.07) is 5.15. The minimum atomic E-state index is -0.166. The minimum Gasteiger partial charge on any atom is -0.409 e. The molecule has 5 nitrogen and oxygen atoms in total. The molecule has 0 aliphatic carbocycles. The van der Waals surface area contributed by atoms with E-state index in [4.69, 9.17) is 22.5 Å². The van der Waals surface area contributed by atoms with Crippen molar-refractivity contribution in [2.45, 2.75) is 20.3 Å². The molecule has 0 atom stereocenters. The lowest BCUT2D eigenvalue weighted by Gasteiger charge is -2.25. The molecule has 0 heterocycles. The first-order valence-electron chi connectivity index (χ1n) is 6.55. The standard InChI is InChI=1S/C14H19BrClN3O2/c1-9(2)8-19(6-5-13(17)18-21)14(20)11-7-10(15)3-4-12(11)16/h3-4,7,9,21H,5-6,8H2,1-2H3,(H2,17,18). The monoisotopic (exact) mass is 375 g/mol. The molecular formula is C14H19BrClN3O2. The van der Waals surface area contributed by atoms with Gasteiger partial charge in [-0.3, -0.25) is 4.79 Å². The van der Waals surface area contributed by atoms with Crippen LogP contribution in [0.3, 0.4) is 0 Å². The average Bonchev–Trinajstić information content (AvgIpc) is 2.44. The second kappa shape index (κ2) is 8.24. The lowest BCUT2D eigenvalue weighted by molar-refractivity contribution is 0.0740. The highest BCUT2D eigenvalue weighted by Gasteiger charge is 2.20. The van der Waals surface area contributed by atoms with E-state index in [1.165, 1.54) is 0 Å². The molecule has 0 fully saturated rings. The van der Waals surface area contributed by atoms with Crippen molar-refractivity contribution in [2.24, 2.45) is 16.8 Å². The molecule has 116 valence electrons. The maximum Gasteiger partial charge on any atom is 0.255 e. The van der Waals surface area contributed by atoms with Crippen LogP contribution >= 0.6 is 27.5 Å². The molecule has 21 heavy (non-hydrogen) atoms. The van der Waals surface area contributed by atoms with E-state index in [2.05, 4.69) is 21.1 Å². The highest BCUT2D eigenvalue weighted by atomic mass is 79.9. The Morgan fingerprint density at radius 1 is 1.52 bits per heavy atom. The minimum absolute atomic E-state index is 0.0943. The second-order valence-corrected chi connectivity index (χ2v) is 6.43. The molecule has 0 bridgehead atoms. The van der Waals surface area contributed by atoms with Gasteiger partial charge in [0.05, 0.1) is 10.6 Å². The van der Waals surface area contributed by atoms with E-state index >= 15 is 0 Å². The number of carbonyl (C=O) groups is 1. The Hall–Kier alpha value is -1.27. The van der Waals surface area contributed by atoms with Crippen molar-refractivity contribution in [1.29, 1.82) is 0 Å². The summed E-state index contributed by atoms with van der Waals surface area (Å²) in [6.45, 7) is 4.98. The SMILES string of the molecule is CC(C)CN(CCC(N)=NO)C(=O)c1cc(Br)ccc1Cl. The first kappa shape index (κ1) is 17.8. The predicted molar refractivity (Wildman–Crippen MR) is 87.9 cm³/mol. The highest BCUT2D eigenvalue weighted by Crippen LogP contribution is 2.23. The van der Waals surface area contributed by atoms with Crippen LogP contribution in [-0.4, -0.2) is 34.9 Å². The average molecular weight is 377 g/mol. The van der Waals surface area contributed by atoms with Gasteiger partial charge in [-0.05, 0) is 24.1 Å². The zero-order valence-electron chi connectivity index (χ0n) is 12.0. The van der Waals surface area contributed by atoms with Gasteiger partial charge in [0, 0.05) is 24.0 Å². The fourth-order valence-electron chi connectivity index (χ4n) is 1.85. The maximum atomic E-state index is 12.6. The number of rotatable bonds is 6. The summed E-state index contributed by atoms with van der Waals surface area (Å²) in [5.41, 5.74) is 5.91. The van der Waals surface area contributed by atoms with E-state index < -0.39 is 0 Å². The highest BCUT2D eigenvalue weighted by molar-refractivity contribution is 9.10. The van der Waals surface area contributed by atoms with Crippen molar-refractivity contribution >= 4 is 39.3 Å². The first-order chi connectivity index (χ1) is 9.85. The maximum absolute atomic E-state index is 12.6. The number of benzene rings is 1. The second-order valence-electron chi connectivity index (χ2n) is 5.11.